The van der Waals surface area contributed by atoms with Crippen LogP contribution in [0.1, 0.15) is 18.5 Å². The predicted molar refractivity (Wildman–Crippen MR) is 75.5 cm³/mol. The van der Waals surface area contributed by atoms with Crippen LogP contribution in [0.2, 0.25) is 0 Å². The van der Waals surface area contributed by atoms with Crippen LogP contribution >= 0.6 is 0 Å². The van der Waals surface area contributed by atoms with Gasteiger partial charge in [0, 0.05) is 13.0 Å². The van der Waals surface area contributed by atoms with Crippen molar-refractivity contribution >= 4 is 17.1 Å². The molecular weight excluding hydrogens is 276 g/mol. The fourth-order valence-corrected chi connectivity index (χ4v) is 1.71. The summed E-state index contributed by atoms with van der Waals surface area (Å²) in [5.41, 5.74) is 6.37. The molecule has 0 spiro atoms. The molecule has 6 N–H and O–H groups in total. The summed E-state index contributed by atoms with van der Waals surface area (Å²) in [6.07, 6.45) is 1.32. The lowest BCUT2D eigenvalue weighted by molar-refractivity contribution is -0.0448. The van der Waals surface area contributed by atoms with Gasteiger partial charge in [0.05, 0.1) is 11.9 Å². The number of aryl methyl sites for hydroxylation is 1. The smallest absolute Gasteiger partial charge is 0.244 e. The summed E-state index contributed by atoms with van der Waals surface area (Å²) < 4.78 is 0. The molecule has 2 aromatic heterocycles. The number of fused-ring (bicyclic) bond motifs is 1. The van der Waals surface area contributed by atoms with Crippen LogP contribution < -0.4 is 11.1 Å². The van der Waals surface area contributed by atoms with Crippen molar-refractivity contribution < 1.29 is 15.3 Å². The Kier molecular flexibility index (Phi) is 5.14. The standard InChI is InChI=1S/C12H18N6O3/c13-4-1-5-14-12-17-10-9(11(21)18-12)16-7(6-15-10)2-3-8(19)20/h6,8,19-20H,1-5,13H2,(H2,14,15,17,18,21). The lowest BCUT2D eigenvalue weighted by Crippen LogP contribution is -2.11. The molecule has 0 aliphatic heterocycles. The van der Waals surface area contributed by atoms with Crippen molar-refractivity contribution in [3.63, 3.8) is 0 Å². The molecule has 0 unspecified atom stereocenters. The molecule has 0 amide bonds. The number of nitrogens with two attached hydrogens (primary N) is 1. The number of aromatic nitrogens is 4. The highest BCUT2D eigenvalue weighted by atomic mass is 16.5. The van der Waals surface area contributed by atoms with E-state index in [1.54, 1.807) is 0 Å². The second-order valence-corrected chi connectivity index (χ2v) is 4.49. The van der Waals surface area contributed by atoms with Gasteiger partial charge in [-0.25, -0.2) is 9.97 Å². The molecule has 0 saturated heterocycles. The first kappa shape index (κ1) is 15.3. The second-order valence-electron chi connectivity index (χ2n) is 4.49. The number of aliphatic hydroxyl groups is 2. The summed E-state index contributed by atoms with van der Waals surface area (Å²) in [7, 11) is 0. The average Bonchev–Trinajstić information content (AvgIpc) is 2.45. The second kappa shape index (κ2) is 7.07. The van der Waals surface area contributed by atoms with E-state index in [4.69, 9.17) is 15.9 Å². The summed E-state index contributed by atoms with van der Waals surface area (Å²) in [5, 5.41) is 30.5. The largest absolute Gasteiger partial charge is 0.492 e. The number of nitrogens with one attached hydrogen (secondary N) is 1. The van der Waals surface area contributed by atoms with Crippen molar-refractivity contribution in [2.45, 2.75) is 25.6 Å². The van der Waals surface area contributed by atoms with E-state index in [0.717, 1.165) is 6.42 Å². The van der Waals surface area contributed by atoms with Gasteiger partial charge in [0.2, 0.25) is 11.8 Å². The highest BCUT2D eigenvalue weighted by Crippen LogP contribution is 2.19. The quantitative estimate of drug-likeness (QED) is 0.324. The van der Waals surface area contributed by atoms with Crippen molar-refractivity contribution in [2.75, 3.05) is 18.4 Å². The van der Waals surface area contributed by atoms with Crippen molar-refractivity contribution in [2.24, 2.45) is 5.73 Å². The normalized spacial score (nSPS) is 11.2. The van der Waals surface area contributed by atoms with Gasteiger partial charge in [0.1, 0.15) is 0 Å². The van der Waals surface area contributed by atoms with Crippen LogP contribution in [0, 0.1) is 0 Å². The number of hydrogen-bond acceptors (Lipinski definition) is 9. The first-order valence-electron chi connectivity index (χ1n) is 6.63. The van der Waals surface area contributed by atoms with Crippen molar-refractivity contribution in [1.82, 2.24) is 19.9 Å². The molecule has 9 heteroatoms. The monoisotopic (exact) mass is 294 g/mol. The van der Waals surface area contributed by atoms with Gasteiger partial charge in [0.15, 0.2) is 17.5 Å². The van der Waals surface area contributed by atoms with Gasteiger partial charge < -0.3 is 26.4 Å². The Hall–Kier alpha value is -2.10. The topological polar surface area (TPSA) is 150 Å². The molecule has 0 bridgehead atoms. The van der Waals surface area contributed by atoms with Crippen LogP contribution in [0.5, 0.6) is 5.88 Å². The average molecular weight is 294 g/mol. The first-order valence-corrected chi connectivity index (χ1v) is 6.63. The predicted octanol–water partition coefficient (Wildman–Crippen LogP) is -0.871. The fourth-order valence-electron chi connectivity index (χ4n) is 1.71. The van der Waals surface area contributed by atoms with Gasteiger partial charge in [-0.3, -0.25) is 0 Å². The van der Waals surface area contributed by atoms with Crippen molar-refractivity contribution in [1.29, 1.82) is 0 Å². The first-order chi connectivity index (χ1) is 10.1. The maximum Gasteiger partial charge on any atom is 0.244 e. The number of aromatic hydroxyl groups is 1. The summed E-state index contributed by atoms with van der Waals surface area (Å²) in [6.45, 7) is 1.15. The van der Waals surface area contributed by atoms with Gasteiger partial charge in [-0.15, -0.1) is 0 Å². The number of hydrogen-bond donors (Lipinski definition) is 5. The zero-order valence-corrected chi connectivity index (χ0v) is 11.4. The summed E-state index contributed by atoms with van der Waals surface area (Å²) in [4.78, 5) is 16.3. The summed E-state index contributed by atoms with van der Waals surface area (Å²) in [5.74, 6) is -0.00424. The molecule has 2 heterocycles. The third-order valence-corrected chi connectivity index (χ3v) is 2.76. The Balaban J connectivity index is 2.19. The fraction of sp³-hybridized carbons (Fsp3) is 0.500. The van der Waals surface area contributed by atoms with Crippen LogP contribution in [0.3, 0.4) is 0 Å². The number of aliphatic hydroxyl groups excluding tert-OH is 1. The Labute approximate surface area is 120 Å². The third-order valence-electron chi connectivity index (χ3n) is 2.76. The zero-order valence-electron chi connectivity index (χ0n) is 11.4. The molecule has 0 radical (unpaired) electrons. The third kappa shape index (κ3) is 4.18. The van der Waals surface area contributed by atoms with Crippen LogP contribution in [0.25, 0.3) is 11.2 Å². The Morgan fingerprint density at radius 1 is 1.24 bits per heavy atom. The van der Waals surface area contributed by atoms with Gasteiger partial charge in [-0.05, 0) is 19.4 Å². The van der Waals surface area contributed by atoms with E-state index >= 15 is 0 Å². The molecule has 0 aliphatic carbocycles. The zero-order chi connectivity index (χ0) is 15.2. The molecule has 0 aliphatic rings. The molecule has 0 saturated carbocycles. The number of nitrogens with zero attached hydrogens (tertiary/aromatic N) is 4. The minimum absolute atomic E-state index is 0.139. The molecule has 9 nitrogen and oxygen atoms in total. The highest BCUT2D eigenvalue weighted by molar-refractivity contribution is 5.76. The van der Waals surface area contributed by atoms with Crippen LogP contribution in [0.15, 0.2) is 6.20 Å². The van der Waals surface area contributed by atoms with Crippen molar-refractivity contribution in [3.8, 4) is 5.88 Å². The Morgan fingerprint density at radius 3 is 2.76 bits per heavy atom. The van der Waals surface area contributed by atoms with E-state index in [0.29, 0.717) is 25.2 Å². The number of anilines is 1. The van der Waals surface area contributed by atoms with E-state index in [1.807, 2.05) is 0 Å². The molecule has 0 aromatic carbocycles. The molecule has 21 heavy (non-hydrogen) atoms. The molecule has 0 atom stereocenters. The maximum atomic E-state index is 9.89. The Bertz CT molecular complexity index is 607. The van der Waals surface area contributed by atoms with E-state index in [2.05, 4.69) is 25.3 Å². The van der Waals surface area contributed by atoms with Crippen LogP contribution in [-0.2, 0) is 6.42 Å². The van der Waals surface area contributed by atoms with Crippen molar-refractivity contribution in [3.05, 3.63) is 11.9 Å². The minimum atomic E-state index is -1.40. The molecule has 2 rings (SSSR count). The molecule has 0 fully saturated rings. The van der Waals surface area contributed by atoms with E-state index < -0.39 is 6.29 Å². The highest BCUT2D eigenvalue weighted by Gasteiger charge is 2.11. The maximum absolute atomic E-state index is 9.89. The van der Waals surface area contributed by atoms with E-state index in [-0.39, 0.29) is 29.4 Å². The summed E-state index contributed by atoms with van der Waals surface area (Å²) in [6, 6.07) is 0. The minimum Gasteiger partial charge on any atom is -0.492 e. The summed E-state index contributed by atoms with van der Waals surface area (Å²) >= 11 is 0. The van der Waals surface area contributed by atoms with Crippen LogP contribution in [-0.4, -0.2) is 54.6 Å². The van der Waals surface area contributed by atoms with E-state index in [1.165, 1.54) is 6.20 Å². The van der Waals surface area contributed by atoms with Gasteiger partial charge in [-0.2, -0.15) is 9.97 Å². The molecular formula is C12H18N6O3. The van der Waals surface area contributed by atoms with Gasteiger partial charge in [-0.1, -0.05) is 0 Å². The molecule has 114 valence electrons. The SMILES string of the molecule is NCCCNc1nc(O)c2nc(CCC(O)O)cnc2n1. The van der Waals surface area contributed by atoms with E-state index in [9.17, 15) is 5.11 Å². The molecule has 2 aromatic rings. The van der Waals surface area contributed by atoms with Gasteiger partial charge in [0.25, 0.3) is 0 Å². The lowest BCUT2D eigenvalue weighted by Gasteiger charge is -2.07. The lowest BCUT2D eigenvalue weighted by atomic mass is 10.2. The Morgan fingerprint density at radius 2 is 2.05 bits per heavy atom. The van der Waals surface area contributed by atoms with Gasteiger partial charge >= 0.3 is 0 Å². The van der Waals surface area contributed by atoms with Crippen LogP contribution in [0.4, 0.5) is 5.95 Å². The number of rotatable bonds is 7.